The molecule has 0 aromatic heterocycles. The van der Waals surface area contributed by atoms with Crippen LogP contribution >= 0.6 is 11.8 Å². The van der Waals surface area contributed by atoms with Gasteiger partial charge in [0.2, 0.25) is 0 Å². The molecule has 0 unspecified atom stereocenters. The van der Waals surface area contributed by atoms with E-state index in [9.17, 15) is 4.79 Å². The van der Waals surface area contributed by atoms with Crippen molar-refractivity contribution in [3.63, 3.8) is 0 Å². The maximum atomic E-state index is 10.8. The summed E-state index contributed by atoms with van der Waals surface area (Å²) in [5, 5.41) is 8.85. The number of hydrogen-bond acceptors (Lipinski definition) is 3. The summed E-state index contributed by atoms with van der Waals surface area (Å²) >= 11 is 1.70. The molecular formula is C13H17NO3S. The first-order valence-electron chi connectivity index (χ1n) is 5.97. The SMILES string of the molecule is CSc1ccc(OC2CCN(C(=O)O)CC2)cc1. The fourth-order valence-corrected chi connectivity index (χ4v) is 2.42. The van der Waals surface area contributed by atoms with Gasteiger partial charge in [-0.25, -0.2) is 4.79 Å². The van der Waals surface area contributed by atoms with E-state index in [1.165, 1.54) is 9.80 Å². The molecule has 1 aliphatic heterocycles. The maximum Gasteiger partial charge on any atom is 0.407 e. The van der Waals surface area contributed by atoms with E-state index in [1.54, 1.807) is 11.8 Å². The molecule has 0 aliphatic carbocycles. The molecule has 1 amide bonds. The normalized spacial score (nSPS) is 16.6. The molecule has 0 saturated carbocycles. The zero-order valence-corrected chi connectivity index (χ0v) is 11.2. The Morgan fingerprint density at radius 1 is 1.33 bits per heavy atom. The Hall–Kier alpha value is -1.36. The number of carbonyl (C=O) groups is 1. The Labute approximate surface area is 111 Å². The third-order valence-corrected chi connectivity index (χ3v) is 3.82. The van der Waals surface area contributed by atoms with E-state index in [0.29, 0.717) is 13.1 Å². The third kappa shape index (κ3) is 3.32. The van der Waals surface area contributed by atoms with Crippen molar-refractivity contribution in [2.75, 3.05) is 19.3 Å². The molecule has 1 aliphatic rings. The Balaban J connectivity index is 1.85. The molecule has 1 saturated heterocycles. The number of rotatable bonds is 3. The van der Waals surface area contributed by atoms with Gasteiger partial charge in [0, 0.05) is 30.8 Å². The van der Waals surface area contributed by atoms with E-state index in [2.05, 4.69) is 0 Å². The van der Waals surface area contributed by atoms with E-state index in [0.717, 1.165) is 18.6 Å². The predicted molar refractivity (Wildman–Crippen MR) is 71.5 cm³/mol. The molecule has 0 bridgehead atoms. The van der Waals surface area contributed by atoms with Crippen LogP contribution in [0.2, 0.25) is 0 Å². The lowest BCUT2D eigenvalue weighted by Gasteiger charge is -2.30. The summed E-state index contributed by atoms with van der Waals surface area (Å²) in [5.74, 6) is 0.863. The van der Waals surface area contributed by atoms with Crippen molar-refractivity contribution in [2.24, 2.45) is 0 Å². The fourth-order valence-electron chi connectivity index (χ4n) is 2.01. The molecular weight excluding hydrogens is 250 g/mol. The number of ether oxygens (including phenoxy) is 1. The number of amides is 1. The first kappa shape index (κ1) is 13.1. The minimum absolute atomic E-state index is 0.126. The van der Waals surface area contributed by atoms with E-state index < -0.39 is 6.09 Å². The average Bonchev–Trinajstić information content (AvgIpc) is 2.40. The van der Waals surface area contributed by atoms with E-state index in [4.69, 9.17) is 9.84 Å². The summed E-state index contributed by atoms with van der Waals surface area (Å²) in [4.78, 5) is 13.4. The molecule has 98 valence electrons. The summed E-state index contributed by atoms with van der Waals surface area (Å²) < 4.78 is 5.85. The van der Waals surface area contributed by atoms with E-state index in [1.807, 2.05) is 30.5 Å². The van der Waals surface area contributed by atoms with Crippen molar-refractivity contribution in [3.05, 3.63) is 24.3 Å². The molecule has 18 heavy (non-hydrogen) atoms. The second-order valence-corrected chi connectivity index (χ2v) is 5.14. The van der Waals surface area contributed by atoms with Gasteiger partial charge < -0.3 is 14.7 Å². The Morgan fingerprint density at radius 2 is 1.94 bits per heavy atom. The molecule has 5 heteroatoms. The van der Waals surface area contributed by atoms with Gasteiger partial charge in [-0.3, -0.25) is 0 Å². The minimum atomic E-state index is -0.835. The molecule has 0 radical (unpaired) electrons. The van der Waals surface area contributed by atoms with Gasteiger partial charge in [0.05, 0.1) is 0 Å². The molecule has 1 heterocycles. The summed E-state index contributed by atoms with van der Waals surface area (Å²) in [6, 6.07) is 8.00. The van der Waals surface area contributed by atoms with E-state index in [-0.39, 0.29) is 6.10 Å². The Morgan fingerprint density at radius 3 is 2.44 bits per heavy atom. The predicted octanol–water partition coefficient (Wildman–Crippen LogP) is 2.93. The van der Waals surface area contributed by atoms with Crippen LogP contribution < -0.4 is 4.74 Å². The molecule has 1 N–H and O–H groups in total. The van der Waals surface area contributed by atoms with Crippen molar-refractivity contribution in [1.82, 2.24) is 4.90 Å². The highest BCUT2D eigenvalue weighted by Gasteiger charge is 2.23. The lowest BCUT2D eigenvalue weighted by atomic mass is 10.1. The van der Waals surface area contributed by atoms with Crippen molar-refractivity contribution in [3.8, 4) is 5.75 Å². The van der Waals surface area contributed by atoms with Gasteiger partial charge in [0.1, 0.15) is 11.9 Å². The van der Waals surface area contributed by atoms with E-state index >= 15 is 0 Å². The summed E-state index contributed by atoms with van der Waals surface area (Å²) in [6.07, 6.45) is 2.85. The van der Waals surface area contributed by atoms with Gasteiger partial charge in [0.15, 0.2) is 0 Å². The summed E-state index contributed by atoms with van der Waals surface area (Å²) in [6.45, 7) is 1.12. The number of carboxylic acid groups (broad SMARTS) is 1. The van der Waals surface area contributed by atoms with Crippen molar-refractivity contribution >= 4 is 17.9 Å². The topological polar surface area (TPSA) is 49.8 Å². The Bertz CT molecular complexity index is 399. The largest absolute Gasteiger partial charge is 0.490 e. The summed E-state index contributed by atoms with van der Waals surface area (Å²) in [7, 11) is 0. The number of thioether (sulfide) groups is 1. The lowest BCUT2D eigenvalue weighted by Crippen LogP contribution is -2.41. The highest BCUT2D eigenvalue weighted by Crippen LogP contribution is 2.22. The van der Waals surface area contributed by atoms with Crippen LogP contribution in [0.3, 0.4) is 0 Å². The molecule has 2 rings (SSSR count). The zero-order chi connectivity index (χ0) is 13.0. The van der Waals surface area contributed by atoms with Gasteiger partial charge in [-0.15, -0.1) is 11.8 Å². The van der Waals surface area contributed by atoms with Crippen molar-refractivity contribution in [1.29, 1.82) is 0 Å². The van der Waals surface area contributed by atoms with Gasteiger partial charge in [-0.2, -0.15) is 0 Å². The smallest absolute Gasteiger partial charge is 0.407 e. The number of benzene rings is 1. The number of nitrogens with zero attached hydrogens (tertiary/aromatic N) is 1. The standard InChI is InChI=1S/C13H17NO3S/c1-18-12-4-2-10(3-5-12)17-11-6-8-14(9-7-11)13(15)16/h2-5,11H,6-9H2,1H3,(H,15,16). The van der Waals surface area contributed by atoms with Crippen LogP contribution in [0.5, 0.6) is 5.75 Å². The van der Waals surface area contributed by atoms with Crippen molar-refractivity contribution in [2.45, 2.75) is 23.8 Å². The van der Waals surface area contributed by atoms with Crippen LogP contribution in [0.15, 0.2) is 29.2 Å². The molecule has 1 aromatic rings. The van der Waals surface area contributed by atoms with Crippen LogP contribution in [0, 0.1) is 0 Å². The molecule has 1 fully saturated rings. The van der Waals surface area contributed by atoms with Crippen LogP contribution in [-0.4, -0.2) is 41.5 Å². The Kier molecular flexibility index (Phi) is 4.36. The number of piperidine rings is 1. The van der Waals surface area contributed by atoms with Crippen LogP contribution in [-0.2, 0) is 0 Å². The molecule has 0 atom stereocenters. The van der Waals surface area contributed by atoms with Crippen LogP contribution in [0.25, 0.3) is 0 Å². The van der Waals surface area contributed by atoms with Crippen LogP contribution in [0.1, 0.15) is 12.8 Å². The highest BCUT2D eigenvalue weighted by molar-refractivity contribution is 7.98. The monoisotopic (exact) mass is 267 g/mol. The number of hydrogen-bond donors (Lipinski definition) is 1. The third-order valence-electron chi connectivity index (χ3n) is 3.07. The van der Waals surface area contributed by atoms with Gasteiger partial charge in [-0.1, -0.05) is 0 Å². The van der Waals surface area contributed by atoms with Crippen LogP contribution in [0.4, 0.5) is 4.79 Å². The van der Waals surface area contributed by atoms with Gasteiger partial charge in [0.25, 0.3) is 0 Å². The second kappa shape index (κ2) is 6.00. The first-order valence-corrected chi connectivity index (χ1v) is 7.20. The van der Waals surface area contributed by atoms with Gasteiger partial charge in [-0.05, 0) is 30.5 Å². The lowest BCUT2D eigenvalue weighted by molar-refractivity contribution is 0.0894. The zero-order valence-electron chi connectivity index (χ0n) is 10.3. The number of likely N-dealkylation sites (tertiary alicyclic amines) is 1. The second-order valence-electron chi connectivity index (χ2n) is 4.26. The average molecular weight is 267 g/mol. The highest BCUT2D eigenvalue weighted by atomic mass is 32.2. The minimum Gasteiger partial charge on any atom is -0.490 e. The molecule has 1 aromatic carbocycles. The maximum absolute atomic E-state index is 10.8. The van der Waals surface area contributed by atoms with Gasteiger partial charge >= 0.3 is 6.09 Å². The fraction of sp³-hybridized carbons (Fsp3) is 0.462. The summed E-state index contributed by atoms with van der Waals surface area (Å²) in [5.41, 5.74) is 0. The quantitative estimate of drug-likeness (QED) is 0.855. The van der Waals surface area contributed by atoms with Crippen molar-refractivity contribution < 1.29 is 14.6 Å². The molecule has 0 spiro atoms. The first-order chi connectivity index (χ1) is 8.69. The molecule has 4 nitrogen and oxygen atoms in total.